The maximum Gasteiger partial charge on any atom is 0.310 e. The van der Waals surface area contributed by atoms with Crippen molar-refractivity contribution in [3.05, 3.63) is 12.8 Å². The summed E-state index contributed by atoms with van der Waals surface area (Å²) < 4.78 is 4.70. The van der Waals surface area contributed by atoms with Crippen LogP contribution < -0.4 is 0 Å². The molecule has 0 aromatic heterocycles. The molecular formula is C25H46O4. The van der Waals surface area contributed by atoms with Gasteiger partial charge in [-0.3, -0.25) is 9.59 Å². The number of ether oxygens (including phenoxy) is 1. The van der Waals surface area contributed by atoms with Gasteiger partial charge in [0.05, 0.1) is 6.26 Å². The molecule has 0 aromatic carbocycles. The second-order valence-corrected chi connectivity index (χ2v) is 8.27. The maximum atomic E-state index is 11.1. The lowest BCUT2D eigenvalue weighted by atomic mass is 10.0. The van der Waals surface area contributed by atoms with Crippen molar-refractivity contribution in [2.45, 2.75) is 135 Å². The molecule has 29 heavy (non-hydrogen) atoms. The van der Waals surface area contributed by atoms with Gasteiger partial charge in [0.2, 0.25) is 0 Å². The van der Waals surface area contributed by atoms with E-state index in [0.29, 0.717) is 12.8 Å². The zero-order valence-corrected chi connectivity index (χ0v) is 18.8. The molecule has 4 nitrogen and oxygen atoms in total. The first kappa shape index (κ1) is 27.7. The number of carboxylic acids is 1. The summed E-state index contributed by atoms with van der Waals surface area (Å²) in [6, 6.07) is 0. The zero-order chi connectivity index (χ0) is 21.4. The Morgan fingerprint density at radius 1 is 0.552 bits per heavy atom. The van der Waals surface area contributed by atoms with Crippen molar-refractivity contribution in [1.29, 1.82) is 0 Å². The van der Waals surface area contributed by atoms with Gasteiger partial charge in [-0.05, 0) is 12.8 Å². The minimum absolute atomic E-state index is 0.162. The van der Waals surface area contributed by atoms with Gasteiger partial charge in [0.15, 0.2) is 0 Å². The quantitative estimate of drug-likeness (QED) is 0.105. The number of hydrogen-bond donors (Lipinski definition) is 1. The van der Waals surface area contributed by atoms with Gasteiger partial charge >= 0.3 is 11.9 Å². The van der Waals surface area contributed by atoms with Gasteiger partial charge in [0, 0.05) is 12.8 Å². The van der Waals surface area contributed by atoms with Gasteiger partial charge in [-0.1, -0.05) is 116 Å². The monoisotopic (exact) mass is 410 g/mol. The molecule has 0 aromatic rings. The summed E-state index contributed by atoms with van der Waals surface area (Å²) in [6.07, 6.45) is 25.9. The lowest BCUT2D eigenvalue weighted by Crippen LogP contribution is -1.98. The minimum atomic E-state index is -0.665. The van der Waals surface area contributed by atoms with Crippen LogP contribution in [0.2, 0.25) is 0 Å². The molecule has 0 rings (SSSR count). The highest BCUT2D eigenvalue weighted by Crippen LogP contribution is 2.15. The molecule has 0 saturated heterocycles. The molecule has 170 valence electrons. The van der Waals surface area contributed by atoms with Gasteiger partial charge in [-0.15, -0.1) is 0 Å². The van der Waals surface area contributed by atoms with E-state index in [0.717, 1.165) is 25.7 Å². The Balaban J connectivity index is 3.06. The number of hydrogen-bond acceptors (Lipinski definition) is 3. The molecule has 0 bridgehead atoms. The van der Waals surface area contributed by atoms with Crippen LogP contribution in [-0.2, 0) is 14.3 Å². The third kappa shape index (κ3) is 24.6. The first-order valence-corrected chi connectivity index (χ1v) is 12.2. The Bertz CT molecular complexity index is 392. The van der Waals surface area contributed by atoms with Gasteiger partial charge in [-0.25, -0.2) is 0 Å². The van der Waals surface area contributed by atoms with Gasteiger partial charge in [0.1, 0.15) is 0 Å². The van der Waals surface area contributed by atoms with Crippen LogP contribution in [0, 0.1) is 0 Å². The standard InChI is InChI=1S/C25H46O4/c1-2-29-25(28)23-21-19-17-15-13-11-9-7-5-3-4-6-8-10-12-14-16-18-20-22-24(26)27/h2H,1,3-23H2,(H,26,27). The highest BCUT2D eigenvalue weighted by atomic mass is 16.5. The normalized spacial score (nSPS) is 10.8. The molecular weight excluding hydrogens is 364 g/mol. The van der Waals surface area contributed by atoms with Crippen LogP contribution in [0.5, 0.6) is 0 Å². The zero-order valence-electron chi connectivity index (χ0n) is 18.8. The molecule has 4 heteroatoms. The summed E-state index contributed by atoms with van der Waals surface area (Å²) in [5, 5.41) is 8.58. The number of carbonyl (C=O) groups excluding carboxylic acids is 1. The first-order valence-electron chi connectivity index (χ1n) is 12.2. The molecule has 0 aliphatic carbocycles. The molecule has 0 spiro atoms. The van der Waals surface area contributed by atoms with E-state index in [-0.39, 0.29) is 5.97 Å². The van der Waals surface area contributed by atoms with Crippen LogP contribution in [0.4, 0.5) is 0 Å². The molecule has 0 radical (unpaired) electrons. The molecule has 1 N–H and O–H groups in total. The summed E-state index contributed by atoms with van der Waals surface area (Å²) in [6.45, 7) is 3.38. The summed E-state index contributed by atoms with van der Waals surface area (Å²) >= 11 is 0. The van der Waals surface area contributed by atoms with Crippen LogP contribution in [0.25, 0.3) is 0 Å². The van der Waals surface area contributed by atoms with Crippen LogP contribution in [0.15, 0.2) is 12.8 Å². The van der Waals surface area contributed by atoms with Gasteiger partial charge in [-0.2, -0.15) is 0 Å². The average Bonchev–Trinajstić information content (AvgIpc) is 2.69. The lowest BCUT2D eigenvalue weighted by molar-refractivity contribution is -0.138. The second-order valence-electron chi connectivity index (χ2n) is 8.27. The largest absolute Gasteiger partial charge is 0.481 e. The van der Waals surface area contributed by atoms with Crippen LogP contribution in [0.3, 0.4) is 0 Å². The lowest BCUT2D eigenvalue weighted by Gasteiger charge is -2.04. The van der Waals surface area contributed by atoms with E-state index >= 15 is 0 Å². The SMILES string of the molecule is C=COC(=O)CCCCCCCCCCCCCCCCCCCCCC(=O)O. The Morgan fingerprint density at radius 2 is 0.828 bits per heavy atom. The van der Waals surface area contributed by atoms with Crippen molar-refractivity contribution in [1.82, 2.24) is 0 Å². The second kappa shape index (κ2) is 23.0. The highest BCUT2D eigenvalue weighted by Gasteiger charge is 2.00. The predicted molar refractivity (Wildman–Crippen MR) is 121 cm³/mol. The Labute approximate surface area is 179 Å². The fourth-order valence-electron chi connectivity index (χ4n) is 3.70. The van der Waals surface area contributed by atoms with Crippen LogP contribution in [-0.4, -0.2) is 17.0 Å². The molecule has 0 heterocycles. The highest BCUT2D eigenvalue weighted by molar-refractivity contribution is 5.69. The minimum Gasteiger partial charge on any atom is -0.481 e. The van der Waals surface area contributed by atoms with E-state index in [1.54, 1.807) is 0 Å². The smallest absolute Gasteiger partial charge is 0.310 e. The van der Waals surface area contributed by atoms with Crippen molar-refractivity contribution < 1.29 is 19.4 Å². The summed E-state index contributed by atoms with van der Waals surface area (Å²) in [5.41, 5.74) is 0. The molecule has 0 fully saturated rings. The number of unbranched alkanes of at least 4 members (excludes halogenated alkanes) is 18. The molecule has 0 saturated carbocycles. The van der Waals surface area contributed by atoms with E-state index in [1.165, 1.54) is 103 Å². The van der Waals surface area contributed by atoms with E-state index in [9.17, 15) is 9.59 Å². The van der Waals surface area contributed by atoms with Gasteiger partial charge in [0.25, 0.3) is 0 Å². The van der Waals surface area contributed by atoms with E-state index < -0.39 is 5.97 Å². The third-order valence-electron chi connectivity index (χ3n) is 5.49. The number of rotatable bonds is 23. The van der Waals surface area contributed by atoms with Crippen molar-refractivity contribution in [3.8, 4) is 0 Å². The Hall–Kier alpha value is -1.32. The molecule has 0 amide bonds. The van der Waals surface area contributed by atoms with Crippen LogP contribution in [0.1, 0.15) is 135 Å². The molecule has 0 aliphatic rings. The van der Waals surface area contributed by atoms with Crippen molar-refractivity contribution in [3.63, 3.8) is 0 Å². The first-order chi connectivity index (χ1) is 14.2. The third-order valence-corrected chi connectivity index (χ3v) is 5.49. The van der Waals surface area contributed by atoms with Crippen molar-refractivity contribution in [2.24, 2.45) is 0 Å². The van der Waals surface area contributed by atoms with E-state index in [1.807, 2.05) is 0 Å². The molecule has 0 unspecified atom stereocenters. The number of carboxylic acid groups (broad SMARTS) is 1. The van der Waals surface area contributed by atoms with Crippen molar-refractivity contribution >= 4 is 11.9 Å². The van der Waals surface area contributed by atoms with Gasteiger partial charge < -0.3 is 9.84 Å². The number of aliphatic carboxylic acids is 1. The fourth-order valence-corrected chi connectivity index (χ4v) is 3.70. The number of carbonyl (C=O) groups is 2. The van der Waals surface area contributed by atoms with E-state index in [4.69, 9.17) is 9.84 Å². The van der Waals surface area contributed by atoms with Crippen LogP contribution >= 0.6 is 0 Å². The molecule has 0 aliphatic heterocycles. The average molecular weight is 411 g/mol. The summed E-state index contributed by atoms with van der Waals surface area (Å²) in [4.78, 5) is 21.6. The predicted octanol–water partition coefficient (Wildman–Crippen LogP) is 7.95. The summed E-state index contributed by atoms with van der Waals surface area (Å²) in [7, 11) is 0. The Morgan fingerprint density at radius 3 is 1.10 bits per heavy atom. The Kier molecular flexibility index (Phi) is 21.9. The topological polar surface area (TPSA) is 63.6 Å². The fraction of sp³-hybridized carbons (Fsp3) is 0.840. The molecule has 0 atom stereocenters. The van der Waals surface area contributed by atoms with E-state index in [2.05, 4.69) is 6.58 Å². The maximum absolute atomic E-state index is 11.1. The van der Waals surface area contributed by atoms with Crippen molar-refractivity contribution in [2.75, 3.05) is 0 Å². The number of esters is 1. The summed E-state index contributed by atoms with van der Waals surface area (Å²) in [5.74, 6) is -0.827.